The molecule has 2 heterocycles. The van der Waals surface area contributed by atoms with Crippen LogP contribution in [0, 0.1) is 12.7 Å². The molecule has 0 radical (unpaired) electrons. The summed E-state index contributed by atoms with van der Waals surface area (Å²) in [5.74, 6) is -0.351. The summed E-state index contributed by atoms with van der Waals surface area (Å²) in [6.07, 6.45) is 6.90. The van der Waals surface area contributed by atoms with Crippen LogP contribution in [0.3, 0.4) is 0 Å². The van der Waals surface area contributed by atoms with Gasteiger partial charge in [-0.25, -0.2) is 4.39 Å². The highest BCUT2D eigenvalue weighted by Crippen LogP contribution is 2.34. The number of nitrogens with zero attached hydrogens (tertiary/aromatic N) is 3. The van der Waals surface area contributed by atoms with E-state index in [1.54, 1.807) is 10.7 Å². The van der Waals surface area contributed by atoms with Crippen molar-refractivity contribution >= 4 is 5.91 Å². The van der Waals surface area contributed by atoms with Crippen molar-refractivity contribution in [3.05, 3.63) is 53.1 Å². The maximum Gasteiger partial charge on any atom is 0.256 e. The third-order valence-corrected chi connectivity index (χ3v) is 5.12. The Morgan fingerprint density at radius 2 is 2.22 bits per heavy atom. The lowest BCUT2D eigenvalue weighted by atomic mass is 9.95. The molecule has 0 saturated carbocycles. The highest BCUT2D eigenvalue weighted by atomic mass is 19.1. The first-order valence-corrected chi connectivity index (χ1v) is 9.68. The number of benzene rings is 1. The zero-order valence-electron chi connectivity index (χ0n) is 16.3. The number of likely N-dealkylation sites (tertiary alicyclic amines) is 1. The van der Waals surface area contributed by atoms with Crippen molar-refractivity contribution in [2.75, 3.05) is 13.2 Å². The molecule has 1 aromatic carbocycles. The van der Waals surface area contributed by atoms with Crippen LogP contribution >= 0.6 is 0 Å². The average Bonchev–Trinajstić information content (AvgIpc) is 3.09. The number of halogens is 1. The number of ether oxygens (including phenoxy) is 1. The molecular weight excluding hydrogens is 345 g/mol. The summed E-state index contributed by atoms with van der Waals surface area (Å²) in [5.41, 5.74) is 2.53. The smallest absolute Gasteiger partial charge is 0.256 e. The van der Waals surface area contributed by atoms with Crippen molar-refractivity contribution in [1.29, 1.82) is 0 Å². The molecule has 6 heteroatoms. The lowest BCUT2D eigenvalue weighted by Crippen LogP contribution is -2.42. The molecule has 1 amide bonds. The first-order valence-electron chi connectivity index (χ1n) is 9.68. The first kappa shape index (κ1) is 19.5. The van der Waals surface area contributed by atoms with Crippen LogP contribution in [-0.2, 0) is 16.6 Å². The lowest BCUT2D eigenvalue weighted by molar-refractivity contribution is -0.148. The van der Waals surface area contributed by atoms with Crippen LogP contribution in [0.15, 0.2) is 30.6 Å². The predicted octanol–water partition coefficient (Wildman–Crippen LogP) is 4.09. The van der Waals surface area contributed by atoms with Gasteiger partial charge in [-0.2, -0.15) is 5.10 Å². The minimum absolute atomic E-state index is 0.00781. The molecule has 0 N–H and O–H groups in total. The number of amides is 1. The molecule has 27 heavy (non-hydrogen) atoms. The van der Waals surface area contributed by atoms with Crippen LogP contribution in [0.5, 0.6) is 0 Å². The highest BCUT2D eigenvalue weighted by molar-refractivity contribution is 5.83. The van der Waals surface area contributed by atoms with Gasteiger partial charge in [0.25, 0.3) is 5.91 Å². The van der Waals surface area contributed by atoms with Gasteiger partial charge in [-0.3, -0.25) is 9.48 Å². The molecule has 0 aliphatic carbocycles. The molecule has 0 spiro atoms. The number of aryl methyl sites for hydroxylation is 2. The van der Waals surface area contributed by atoms with Crippen LogP contribution < -0.4 is 0 Å². The maximum absolute atomic E-state index is 13.6. The van der Waals surface area contributed by atoms with Crippen molar-refractivity contribution < 1.29 is 13.9 Å². The van der Waals surface area contributed by atoms with Crippen molar-refractivity contribution in [1.82, 2.24) is 14.7 Å². The Balaban J connectivity index is 1.91. The average molecular weight is 373 g/mol. The molecule has 2 unspecified atom stereocenters. The second-order valence-corrected chi connectivity index (χ2v) is 7.24. The molecule has 3 rings (SSSR count). The van der Waals surface area contributed by atoms with Gasteiger partial charge in [-0.05, 0) is 55.9 Å². The van der Waals surface area contributed by atoms with Gasteiger partial charge >= 0.3 is 0 Å². The Labute approximate surface area is 160 Å². The van der Waals surface area contributed by atoms with Gasteiger partial charge in [0.1, 0.15) is 5.82 Å². The molecule has 0 bridgehead atoms. The molecule has 1 aliphatic rings. The van der Waals surface area contributed by atoms with Crippen molar-refractivity contribution in [2.24, 2.45) is 7.05 Å². The zero-order valence-corrected chi connectivity index (χ0v) is 16.3. The van der Waals surface area contributed by atoms with Crippen molar-refractivity contribution in [3.63, 3.8) is 0 Å². The van der Waals surface area contributed by atoms with Crippen LogP contribution in [0.4, 0.5) is 4.39 Å². The summed E-state index contributed by atoms with van der Waals surface area (Å²) < 4.78 is 21.3. The van der Waals surface area contributed by atoms with E-state index in [4.69, 9.17) is 4.74 Å². The van der Waals surface area contributed by atoms with Gasteiger partial charge in [-0.1, -0.05) is 13.0 Å². The largest absolute Gasteiger partial charge is 0.364 e. The zero-order chi connectivity index (χ0) is 19.4. The van der Waals surface area contributed by atoms with E-state index in [1.165, 1.54) is 12.1 Å². The lowest BCUT2D eigenvalue weighted by Gasteiger charge is -2.37. The standard InChI is InChI=1S/C21H28FN3O2/c1-4-11-27-20(18-9-8-17(22)12-15(18)2)21(26)25-10-6-5-7-19(25)16-13-23-24(3)14-16/h8-9,12-14,19-20H,4-7,10-11H2,1-3H3. The minimum atomic E-state index is -0.706. The van der Waals surface area contributed by atoms with Gasteiger partial charge in [0.05, 0.1) is 12.2 Å². The summed E-state index contributed by atoms with van der Waals surface area (Å²) in [7, 11) is 1.88. The maximum atomic E-state index is 13.6. The Morgan fingerprint density at radius 1 is 1.41 bits per heavy atom. The summed E-state index contributed by atoms with van der Waals surface area (Å²) >= 11 is 0. The Bertz CT molecular complexity index is 789. The molecule has 1 fully saturated rings. The molecule has 2 atom stereocenters. The molecular formula is C21H28FN3O2. The number of hydrogen-bond acceptors (Lipinski definition) is 3. The number of hydrogen-bond donors (Lipinski definition) is 0. The first-order chi connectivity index (χ1) is 13.0. The topological polar surface area (TPSA) is 47.4 Å². The summed E-state index contributed by atoms with van der Waals surface area (Å²) in [4.78, 5) is 15.4. The number of piperidine rings is 1. The Hall–Kier alpha value is -2.21. The van der Waals surface area contributed by atoms with Gasteiger partial charge in [-0.15, -0.1) is 0 Å². The normalized spacial score (nSPS) is 18.5. The third-order valence-electron chi connectivity index (χ3n) is 5.12. The van der Waals surface area contributed by atoms with Crippen molar-refractivity contribution in [2.45, 2.75) is 51.7 Å². The van der Waals surface area contributed by atoms with E-state index in [-0.39, 0.29) is 17.8 Å². The fourth-order valence-corrected chi connectivity index (χ4v) is 3.77. The quantitative estimate of drug-likeness (QED) is 0.766. The number of carbonyl (C=O) groups excluding carboxylic acids is 1. The molecule has 1 saturated heterocycles. The summed E-state index contributed by atoms with van der Waals surface area (Å²) in [6, 6.07) is 4.53. The van der Waals surface area contributed by atoms with E-state index in [0.717, 1.165) is 42.4 Å². The SMILES string of the molecule is CCCOC(C(=O)N1CCCCC1c1cnn(C)c1)c1ccc(F)cc1C. The van der Waals surface area contributed by atoms with Crippen LogP contribution in [0.1, 0.15) is 61.4 Å². The monoisotopic (exact) mass is 373 g/mol. The van der Waals surface area contributed by atoms with E-state index in [1.807, 2.05) is 38.2 Å². The Kier molecular flexibility index (Phi) is 6.26. The fraction of sp³-hybridized carbons (Fsp3) is 0.524. The van der Waals surface area contributed by atoms with Gasteiger partial charge in [0, 0.05) is 32.0 Å². The predicted molar refractivity (Wildman–Crippen MR) is 102 cm³/mol. The highest BCUT2D eigenvalue weighted by Gasteiger charge is 2.34. The molecule has 1 aliphatic heterocycles. The van der Waals surface area contributed by atoms with E-state index < -0.39 is 6.10 Å². The third kappa shape index (κ3) is 4.38. The van der Waals surface area contributed by atoms with Crippen molar-refractivity contribution in [3.8, 4) is 0 Å². The van der Waals surface area contributed by atoms with E-state index >= 15 is 0 Å². The number of carbonyl (C=O) groups is 1. The number of rotatable bonds is 6. The van der Waals surface area contributed by atoms with Crippen LogP contribution in [0.25, 0.3) is 0 Å². The summed E-state index contributed by atoms with van der Waals surface area (Å²) in [6.45, 7) is 5.02. The number of aromatic nitrogens is 2. The van der Waals surface area contributed by atoms with E-state index in [2.05, 4.69) is 5.10 Å². The van der Waals surface area contributed by atoms with Gasteiger partial charge in [0.15, 0.2) is 6.10 Å². The van der Waals surface area contributed by atoms with E-state index in [9.17, 15) is 9.18 Å². The van der Waals surface area contributed by atoms with E-state index in [0.29, 0.717) is 13.2 Å². The minimum Gasteiger partial charge on any atom is -0.364 e. The molecule has 1 aromatic heterocycles. The summed E-state index contributed by atoms with van der Waals surface area (Å²) in [5, 5.41) is 4.27. The molecule has 2 aromatic rings. The van der Waals surface area contributed by atoms with Gasteiger partial charge < -0.3 is 9.64 Å². The van der Waals surface area contributed by atoms with Crippen LogP contribution in [-0.4, -0.2) is 33.7 Å². The Morgan fingerprint density at radius 3 is 2.89 bits per heavy atom. The van der Waals surface area contributed by atoms with Gasteiger partial charge in [0.2, 0.25) is 0 Å². The second-order valence-electron chi connectivity index (χ2n) is 7.24. The molecule has 146 valence electrons. The van der Waals surface area contributed by atoms with Crippen LogP contribution in [0.2, 0.25) is 0 Å². The second kappa shape index (κ2) is 8.65. The fourth-order valence-electron chi connectivity index (χ4n) is 3.77. The molecule has 5 nitrogen and oxygen atoms in total.